The molecular formula is C14H21N. The van der Waals surface area contributed by atoms with Gasteiger partial charge >= 0.3 is 0 Å². The molecule has 1 aromatic rings. The van der Waals surface area contributed by atoms with E-state index in [1.54, 1.807) is 0 Å². The Morgan fingerprint density at radius 2 is 1.80 bits per heavy atom. The maximum Gasteiger partial charge on any atom is 0.00394 e. The smallest absolute Gasteiger partial charge is 0.00394 e. The van der Waals surface area contributed by atoms with Crippen molar-refractivity contribution in [1.82, 2.24) is 0 Å². The molecule has 1 nitrogen and oxygen atoms in total. The number of hydrogen-bond acceptors (Lipinski definition) is 1. The summed E-state index contributed by atoms with van der Waals surface area (Å²) in [6.45, 7) is 2.31. The van der Waals surface area contributed by atoms with Crippen molar-refractivity contribution in [2.45, 2.75) is 50.5 Å². The summed E-state index contributed by atoms with van der Waals surface area (Å²) in [5.41, 5.74) is 7.92. The quantitative estimate of drug-likeness (QED) is 0.784. The molecule has 1 fully saturated rings. The number of benzene rings is 1. The van der Waals surface area contributed by atoms with Crippen LogP contribution < -0.4 is 5.73 Å². The molecule has 0 bridgehead atoms. The van der Waals surface area contributed by atoms with E-state index in [9.17, 15) is 0 Å². The van der Waals surface area contributed by atoms with Gasteiger partial charge in [-0.3, -0.25) is 0 Å². The first kappa shape index (κ1) is 10.7. The van der Waals surface area contributed by atoms with Gasteiger partial charge in [0.15, 0.2) is 0 Å². The zero-order valence-corrected chi connectivity index (χ0v) is 9.58. The molecule has 0 radical (unpaired) electrons. The molecule has 0 saturated heterocycles. The second-order valence-corrected chi connectivity index (χ2v) is 4.84. The molecule has 1 aromatic carbocycles. The fourth-order valence-electron chi connectivity index (χ4n) is 2.83. The lowest BCUT2D eigenvalue weighted by Gasteiger charge is -2.39. The molecule has 0 spiro atoms. The molecule has 1 saturated carbocycles. The van der Waals surface area contributed by atoms with Crippen molar-refractivity contribution in [3.8, 4) is 0 Å². The third-order valence-electron chi connectivity index (χ3n) is 4.05. The van der Waals surface area contributed by atoms with Gasteiger partial charge in [-0.1, -0.05) is 37.3 Å². The fraction of sp³-hybridized carbons (Fsp3) is 0.571. The van der Waals surface area contributed by atoms with E-state index in [4.69, 9.17) is 5.73 Å². The molecular weight excluding hydrogens is 182 g/mol. The second kappa shape index (κ2) is 4.36. The molecule has 1 heteroatoms. The van der Waals surface area contributed by atoms with E-state index >= 15 is 0 Å². The predicted octanol–water partition coefficient (Wildman–Crippen LogP) is 3.24. The molecule has 0 unspecified atom stereocenters. The van der Waals surface area contributed by atoms with E-state index in [-0.39, 0.29) is 0 Å². The molecule has 1 aliphatic carbocycles. The first-order valence-corrected chi connectivity index (χ1v) is 6.08. The first-order valence-electron chi connectivity index (χ1n) is 6.08. The SMILES string of the molecule is CCC1(c2ccccc2)CCC(N)CC1. The van der Waals surface area contributed by atoms with E-state index < -0.39 is 0 Å². The van der Waals surface area contributed by atoms with Crippen molar-refractivity contribution >= 4 is 0 Å². The van der Waals surface area contributed by atoms with Crippen LogP contribution in [0.15, 0.2) is 30.3 Å². The Kier molecular flexibility index (Phi) is 3.11. The summed E-state index contributed by atoms with van der Waals surface area (Å²) in [6.07, 6.45) is 6.12. The van der Waals surface area contributed by atoms with Gasteiger partial charge < -0.3 is 5.73 Å². The number of rotatable bonds is 2. The van der Waals surface area contributed by atoms with E-state index in [0.29, 0.717) is 11.5 Å². The molecule has 2 rings (SSSR count). The highest BCUT2D eigenvalue weighted by molar-refractivity contribution is 5.26. The Morgan fingerprint density at radius 1 is 1.20 bits per heavy atom. The van der Waals surface area contributed by atoms with E-state index in [1.165, 1.54) is 37.7 Å². The van der Waals surface area contributed by atoms with Crippen molar-refractivity contribution in [2.75, 3.05) is 0 Å². The normalized spacial score (nSPS) is 31.5. The third-order valence-corrected chi connectivity index (χ3v) is 4.05. The Labute approximate surface area is 92.7 Å². The number of hydrogen-bond donors (Lipinski definition) is 1. The summed E-state index contributed by atoms with van der Waals surface area (Å²) >= 11 is 0. The lowest BCUT2D eigenvalue weighted by Crippen LogP contribution is -2.36. The van der Waals surface area contributed by atoms with Gasteiger partial charge in [0, 0.05) is 6.04 Å². The topological polar surface area (TPSA) is 26.0 Å². The second-order valence-electron chi connectivity index (χ2n) is 4.84. The summed E-state index contributed by atoms with van der Waals surface area (Å²) in [5, 5.41) is 0. The first-order chi connectivity index (χ1) is 7.27. The summed E-state index contributed by atoms with van der Waals surface area (Å²) in [7, 11) is 0. The third kappa shape index (κ3) is 2.07. The Morgan fingerprint density at radius 3 is 2.33 bits per heavy atom. The van der Waals surface area contributed by atoms with Gasteiger partial charge in [0.25, 0.3) is 0 Å². The number of nitrogens with two attached hydrogens (primary N) is 1. The van der Waals surface area contributed by atoms with Gasteiger partial charge in [0.1, 0.15) is 0 Å². The Bertz CT molecular complexity index is 296. The van der Waals surface area contributed by atoms with Crippen LogP contribution in [0.5, 0.6) is 0 Å². The van der Waals surface area contributed by atoms with Crippen LogP contribution >= 0.6 is 0 Å². The molecule has 0 amide bonds. The summed E-state index contributed by atoms with van der Waals surface area (Å²) in [5.74, 6) is 0. The van der Waals surface area contributed by atoms with Crippen molar-refractivity contribution < 1.29 is 0 Å². The molecule has 2 N–H and O–H groups in total. The van der Waals surface area contributed by atoms with Crippen LogP contribution in [0.25, 0.3) is 0 Å². The molecule has 0 heterocycles. The zero-order valence-electron chi connectivity index (χ0n) is 9.58. The van der Waals surface area contributed by atoms with Gasteiger partial charge in [-0.15, -0.1) is 0 Å². The molecule has 0 atom stereocenters. The maximum absolute atomic E-state index is 5.99. The minimum absolute atomic E-state index is 0.414. The molecule has 1 aliphatic rings. The van der Waals surface area contributed by atoms with Crippen LogP contribution in [0.3, 0.4) is 0 Å². The van der Waals surface area contributed by atoms with Gasteiger partial charge in [0.05, 0.1) is 0 Å². The van der Waals surface area contributed by atoms with Crippen LogP contribution in [-0.2, 0) is 5.41 Å². The molecule has 82 valence electrons. The standard InChI is InChI=1S/C14H21N/c1-2-14(10-8-13(15)9-11-14)12-6-4-3-5-7-12/h3-7,13H,2,8-11,15H2,1H3. The highest BCUT2D eigenvalue weighted by Gasteiger charge is 2.33. The Balaban J connectivity index is 2.23. The van der Waals surface area contributed by atoms with E-state index in [1.807, 2.05) is 0 Å². The van der Waals surface area contributed by atoms with E-state index in [0.717, 1.165) is 0 Å². The summed E-state index contributed by atoms with van der Waals surface area (Å²) < 4.78 is 0. The van der Waals surface area contributed by atoms with E-state index in [2.05, 4.69) is 37.3 Å². The van der Waals surface area contributed by atoms with Crippen LogP contribution in [0.2, 0.25) is 0 Å². The lowest BCUT2D eigenvalue weighted by molar-refractivity contribution is 0.261. The molecule has 0 aromatic heterocycles. The van der Waals surface area contributed by atoms with Gasteiger partial charge in [0.2, 0.25) is 0 Å². The molecule has 15 heavy (non-hydrogen) atoms. The predicted molar refractivity (Wildman–Crippen MR) is 64.9 cm³/mol. The largest absolute Gasteiger partial charge is 0.328 e. The minimum Gasteiger partial charge on any atom is -0.328 e. The van der Waals surface area contributed by atoms with Crippen molar-refractivity contribution in [2.24, 2.45) is 5.73 Å². The van der Waals surface area contributed by atoms with Crippen LogP contribution in [0.4, 0.5) is 0 Å². The summed E-state index contributed by atoms with van der Waals surface area (Å²) in [4.78, 5) is 0. The highest BCUT2D eigenvalue weighted by atomic mass is 14.6. The monoisotopic (exact) mass is 203 g/mol. The highest BCUT2D eigenvalue weighted by Crippen LogP contribution is 2.41. The van der Waals surface area contributed by atoms with Crippen molar-refractivity contribution in [1.29, 1.82) is 0 Å². The lowest BCUT2D eigenvalue weighted by atomic mass is 9.67. The average molecular weight is 203 g/mol. The van der Waals surface area contributed by atoms with Gasteiger partial charge in [-0.05, 0) is 43.1 Å². The van der Waals surface area contributed by atoms with Crippen molar-refractivity contribution in [3.05, 3.63) is 35.9 Å². The van der Waals surface area contributed by atoms with Crippen molar-refractivity contribution in [3.63, 3.8) is 0 Å². The van der Waals surface area contributed by atoms with Crippen LogP contribution in [-0.4, -0.2) is 6.04 Å². The zero-order chi connectivity index (χ0) is 10.7. The fourth-order valence-corrected chi connectivity index (χ4v) is 2.83. The maximum atomic E-state index is 5.99. The average Bonchev–Trinajstić information content (AvgIpc) is 2.32. The summed E-state index contributed by atoms with van der Waals surface area (Å²) in [6, 6.07) is 11.4. The van der Waals surface area contributed by atoms with Gasteiger partial charge in [-0.2, -0.15) is 0 Å². The van der Waals surface area contributed by atoms with Gasteiger partial charge in [-0.25, -0.2) is 0 Å². The minimum atomic E-state index is 0.414. The van der Waals surface area contributed by atoms with Crippen LogP contribution in [0.1, 0.15) is 44.6 Å². The Hall–Kier alpha value is -0.820. The van der Waals surface area contributed by atoms with Crippen LogP contribution in [0, 0.1) is 0 Å². The molecule has 0 aliphatic heterocycles.